The van der Waals surface area contributed by atoms with Gasteiger partial charge in [0.15, 0.2) is 0 Å². The van der Waals surface area contributed by atoms with Crippen LogP contribution in [0.25, 0.3) is 0 Å². The number of nitrogens with zero attached hydrogens (tertiary/aromatic N) is 1. The Kier molecular flexibility index (Phi) is 8.25. The number of likely N-dealkylation sites (tertiary alicyclic amines) is 1. The van der Waals surface area contributed by atoms with E-state index in [1.54, 1.807) is 0 Å². The molecule has 0 radical (unpaired) electrons. The molecule has 1 aromatic carbocycles. The van der Waals surface area contributed by atoms with Gasteiger partial charge in [0.25, 0.3) is 0 Å². The zero-order valence-corrected chi connectivity index (χ0v) is 16.8. The lowest BCUT2D eigenvalue weighted by atomic mass is 9.99. The minimum atomic E-state index is -0.592. The molecular formula is C21H34N4O2. The van der Waals surface area contributed by atoms with Crippen LogP contribution in [0.2, 0.25) is 0 Å². The molecule has 27 heavy (non-hydrogen) atoms. The largest absolute Gasteiger partial charge is 0.350 e. The first-order chi connectivity index (χ1) is 12.9. The molecule has 1 aliphatic rings. The van der Waals surface area contributed by atoms with E-state index in [-0.39, 0.29) is 24.3 Å². The summed E-state index contributed by atoms with van der Waals surface area (Å²) in [7, 11) is 0. The van der Waals surface area contributed by atoms with Gasteiger partial charge in [0, 0.05) is 19.6 Å². The van der Waals surface area contributed by atoms with Crippen molar-refractivity contribution < 1.29 is 9.59 Å². The minimum Gasteiger partial charge on any atom is -0.350 e. The first-order valence-electron chi connectivity index (χ1n) is 9.96. The molecule has 0 spiro atoms. The van der Waals surface area contributed by atoms with Gasteiger partial charge >= 0.3 is 0 Å². The molecule has 6 heteroatoms. The molecule has 150 valence electrons. The van der Waals surface area contributed by atoms with Crippen LogP contribution in [0, 0.1) is 11.8 Å². The summed E-state index contributed by atoms with van der Waals surface area (Å²) in [6.07, 6.45) is 2.55. The van der Waals surface area contributed by atoms with E-state index >= 15 is 0 Å². The van der Waals surface area contributed by atoms with Crippen LogP contribution >= 0.6 is 0 Å². The van der Waals surface area contributed by atoms with Crippen molar-refractivity contribution in [2.75, 3.05) is 19.6 Å². The summed E-state index contributed by atoms with van der Waals surface area (Å²) < 4.78 is 0. The highest BCUT2D eigenvalue weighted by molar-refractivity contribution is 5.87. The maximum atomic E-state index is 12.1. The molecule has 1 aliphatic heterocycles. The quantitative estimate of drug-likeness (QED) is 0.645. The van der Waals surface area contributed by atoms with Gasteiger partial charge in [0.05, 0.1) is 12.6 Å². The fourth-order valence-corrected chi connectivity index (χ4v) is 3.40. The number of piperidine rings is 1. The van der Waals surface area contributed by atoms with Crippen LogP contribution in [0.4, 0.5) is 0 Å². The molecule has 4 N–H and O–H groups in total. The van der Waals surface area contributed by atoms with Crippen molar-refractivity contribution in [2.24, 2.45) is 17.6 Å². The van der Waals surface area contributed by atoms with Crippen LogP contribution in [-0.2, 0) is 22.7 Å². The Labute approximate surface area is 162 Å². The van der Waals surface area contributed by atoms with Gasteiger partial charge in [-0.25, -0.2) is 0 Å². The second-order valence-corrected chi connectivity index (χ2v) is 8.02. The number of carbonyl (C=O) groups is 2. The van der Waals surface area contributed by atoms with Gasteiger partial charge < -0.3 is 16.4 Å². The highest BCUT2D eigenvalue weighted by Crippen LogP contribution is 2.19. The summed E-state index contributed by atoms with van der Waals surface area (Å²) in [6, 6.07) is 7.63. The lowest BCUT2D eigenvalue weighted by Gasteiger charge is -2.31. The van der Waals surface area contributed by atoms with Gasteiger partial charge in [-0.05, 0) is 42.3 Å². The summed E-state index contributed by atoms with van der Waals surface area (Å²) in [5, 5.41) is 5.50. The molecule has 0 aromatic heterocycles. The van der Waals surface area contributed by atoms with Gasteiger partial charge in [-0.3, -0.25) is 14.5 Å². The fourth-order valence-electron chi connectivity index (χ4n) is 3.40. The average molecular weight is 375 g/mol. The number of nitrogens with one attached hydrogen (secondary N) is 2. The molecule has 2 atom stereocenters. The molecule has 1 saturated heterocycles. The van der Waals surface area contributed by atoms with E-state index in [1.807, 2.05) is 26.0 Å². The van der Waals surface area contributed by atoms with E-state index in [4.69, 9.17) is 5.73 Å². The van der Waals surface area contributed by atoms with Gasteiger partial charge in [-0.2, -0.15) is 0 Å². The van der Waals surface area contributed by atoms with Crippen LogP contribution in [0.5, 0.6) is 0 Å². The smallest absolute Gasteiger partial charge is 0.239 e. The van der Waals surface area contributed by atoms with Crippen molar-refractivity contribution in [3.05, 3.63) is 35.4 Å². The lowest BCUT2D eigenvalue weighted by molar-refractivity contribution is -0.127. The minimum absolute atomic E-state index is 0.0393. The molecular weight excluding hydrogens is 340 g/mol. The fraction of sp³-hybridized carbons (Fsp3) is 0.619. The maximum Gasteiger partial charge on any atom is 0.239 e. The predicted molar refractivity (Wildman–Crippen MR) is 108 cm³/mol. The first-order valence-corrected chi connectivity index (χ1v) is 9.96. The standard InChI is InChI=1S/C21H34N4O2/c1-15(2)20(22)21(27)24-12-19(26)23-11-17-8-4-5-9-18(17)14-25-10-6-7-16(3)13-25/h4-5,8-9,15-16,20H,6-7,10-14,22H2,1-3H3,(H,23,26)(H,24,27)/t16?,20-/m0/s1. The predicted octanol–water partition coefficient (Wildman–Crippen LogP) is 1.63. The monoisotopic (exact) mass is 374 g/mol. The highest BCUT2D eigenvalue weighted by Gasteiger charge is 2.19. The maximum absolute atomic E-state index is 12.1. The molecule has 1 aromatic rings. The van der Waals surface area contributed by atoms with Crippen LogP contribution < -0.4 is 16.4 Å². The Balaban J connectivity index is 1.83. The van der Waals surface area contributed by atoms with E-state index in [0.717, 1.165) is 31.1 Å². The topological polar surface area (TPSA) is 87.5 Å². The van der Waals surface area contributed by atoms with Gasteiger partial charge in [-0.15, -0.1) is 0 Å². The Morgan fingerprint density at radius 3 is 2.59 bits per heavy atom. The second kappa shape index (κ2) is 10.4. The summed E-state index contributed by atoms with van der Waals surface area (Å²) in [5.41, 5.74) is 8.15. The Morgan fingerprint density at radius 1 is 1.22 bits per heavy atom. The van der Waals surface area contributed by atoms with Crippen LogP contribution in [0.3, 0.4) is 0 Å². The average Bonchev–Trinajstić information content (AvgIpc) is 2.64. The molecule has 2 amide bonds. The normalized spacial score (nSPS) is 18.9. The molecule has 1 heterocycles. The summed E-state index contributed by atoms with van der Waals surface area (Å²) >= 11 is 0. The number of rotatable bonds is 8. The van der Waals surface area contributed by atoms with Crippen molar-refractivity contribution >= 4 is 11.8 Å². The summed E-state index contributed by atoms with van der Waals surface area (Å²) in [6.45, 7) is 9.65. The van der Waals surface area contributed by atoms with Crippen molar-refractivity contribution in [1.29, 1.82) is 0 Å². The molecule has 1 unspecified atom stereocenters. The molecule has 6 nitrogen and oxygen atoms in total. The van der Waals surface area contributed by atoms with Gasteiger partial charge in [0.1, 0.15) is 0 Å². The zero-order chi connectivity index (χ0) is 19.8. The third kappa shape index (κ3) is 6.96. The van der Waals surface area contributed by atoms with Gasteiger partial charge in [-0.1, -0.05) is 45.0 Å². The number of hydrogen-bond donors (Lipinski definition) is 3. The van der Waals surface area contributed by atoms with Crippen molar-refractivity contribution in [3.63, 3.8) is 0 Å². The van der Waals surface area contributed by atoms with Crippen LogP contribution in [-0.4, -0.2) is 42.4 Å². The Morgan fingerprint density at radius 2 is 1.93 bits per heavy atom. The molecule has 1 fully saturated rings. The zero-order valence-electron chi connectivity index (χ0n) is 16.8. The lowest BCUT2D eigenvalue weighted by Crippen LogP contribution is -2.47. The van der Waals surface area contributed by atoms with E-state index in [2.05, 4.69) is 34.6 Å². The van der Waals surface area contributed by atoms with Crippen LogP contribution in [0.15, 0.2) is 24.3 Å². The third-order valence-electron chi connectivity index (χ3n) is 5.17. The van der Waals surface area contributed by atoms with Crippen molar-refractivity contribution in [3.8, 4) is 0 Å². The van der Waals surface area contributed by atoms with E-state index in [0.29, 0.717) is 6.54 Å². The number of amides is 2. The molecule has 0 bridgehead atoms. The summed E-state index contributed by atoms with van der Waals surface area (Å²) in [4.78, 5) is 26.4. The SMILES string of the molecule is CC1CCCN(Cc2ccccc2CNC(=O)CNC(=O)[C@@H](N)C(C)C)C1. The van der Waals surface area contributed by atoms with Crippen molar-refractivity contribution in [1.82, 2.24) is 15.5 Å². The van der Waals surface area contributed by atoms with E-state index in [9.17, 15) is 9.59 Å². The molecule has 0 aliphatic carbocycles. The number of hydrogen-bond acceptors (Lipinski definition) is 4. The Hall–Kier alpha value is -1.92. The van der Waals surface area contributed by atoms with E-state index < -0.39 is 6.04 Å². The van der Waals surface area contributed by atoms with Gasteiger partial charge in [0.2, 0.25) is 11.8 Å². The number of nitrogens with two attached hydrogens (primary N) is 1. The number of carbonyl (C=O) groups excluding carboxylic acids is 2. The van der Waals surface area contributed by atoms with E-state index in [1.165, 1.54) is 18.4 Å². The second-order valence-electron chi connectivity index (χ2n) is 8.02. The van der Waals surface area contributed by atoms with Crippen LogP contribution in [0.1, 0.15) is 44.7 Å². The molecule has 2 rings (SSSR count). The summed E-state index contributed by atoms with van der Waals surface area (Å²) in [5.74, 6) is 0.282. The number of benzene rings is 1. The highest BCUT2D eigenvalue weighted by atomic mass is 16.2. The first kappa shape index (κ1) is 21.4. The molecule has 0 saturated carbocycles. The van der Waals surface area contributed by atoms with Crippen molar-refractivity contribution in [2.45, 2.75) is 52.7 Å². The Bertz CT molecular complexity index is 632. The third-order valence-corrected chi connectivity index (χ3v) is 5.17.